The predicted octanol–water partition coefficient (Wildman–Crippen LogP) is 0.192. The second-order valence-electron chi connectivity index (χ2n) is 2.71. The first-order valence-corrected chi connectivity index (χ1v) is 5.38. The lowest BCUT2D eigenvalue weighted by atomic mass is 10.4. The van der Waals surface area contributed by atoms with E-state index in [0.29, 0.717) is 6.26 Å². The van der Waals surface area contributed by atoms with Crippen LogP contribution in [0.3, 0.4) is 0 Å². The van der Waals surface area contributed by atoms with Gasteiger partial charge in [-0.15, -0.1) is 0 Å². The molecule has 0 fully saturated rings. The van der Waals surface area contributed by atoms with Crippen LogP contribution in [0.5, 0.6) is 0 Å². The van der Waals surface area contributed by atoms with Gasteiger partial charge in [-0.3, -0.25) is 9.78 Å². The van der Waals surface area contributed by atoms with Crippen molar-refractivity contribution in [3.8, 4) is 0 Å². The molecule has 1 aromatic heterocycles. The van der Waals surface area contributed by atoms with Gasteiger partial charge in [0.1, 0.15) is 0 Å². The van der Waals surface area contributed by atoms with Crippen LogP contribution in [0.2, 0.25) is 0 Å². The van der Waals surface area contributed by atoms with E-state index < -0.39 is 32.4 Å². The molecule has 0 atom stereocenters. The summed E-state index contributed by atoms with van der Waals surface area (Å²) < 4.78 is 58.1. The van der Waals surface area contributed by atoms with Gasteiger partial charge in [0, 0.05) is 12.3 Å². The molecule has 15 heavy (non-hydrogen) atoms. The molecule has 9 heteroatoms. The number of hydrogen-bond acceptors (Lipinski definition) is 4. The molecular weight excluding hydrogens is 237 g/mol. The number of sulfone groups is 1. The van der Waals surface area contributed by atoms with Gasteiger partial charge in [-0.05, 0) is 0 Å². The largest absolute Gasteiger partial charge is 0.433 e. The zero-order chi connectivity index (χ0) is 11.9. The first-order valence-electron chi connectivity index (χ1n) is 3.49. The maximum Gasteiger partial charge on any atom is 0.433 e. The molecule has 0 saturated carbocycles. The molecule has 0 bridgehead atoms. The molecule has 1 rings (SSSR count). The average Bonchev–Trinajstić information content (AvgIpc) is 1.99. The fourth-order valence-electron chi connectivity index (χ4n) is 0.756. The maximum absolute atomic E-state index is 12.1. The molecule has 0 saturated heterocycles. The van der Waals surface area contributed by atoms with Crippen molar-refractivity contribution in [2.45, 2.75) is 11.3 Å². The average molecular weight is 242 g/mol. The molecular formula is C6H5F3N2O3S. The van der Waals surface area contributed by atoms with Crippen LogP contribution in [0.1, 0.15) is 5.69 Å². The Morgan fingerprint density at radius 2 is 1.93 bits per heavy atom. The van der Waals surface area contributed by atoms with Crippen molar-refractivity contribution in [3.63, 3.8) is 0 Å². The molecule has 0 spiro atoms. The molecule has 0 radical (unpaired) electrons. The van der Waals surface area contributed by atoms with E-state index in [4.69, 9.17) is 0 Å². The van der Waals surface area contributed by atoms with Gasteiger partial charge in [-0.2, -0.15) is 13.2 Å². The minimum absolute atomic E-state index is 0.189. The van der Waals surface area contributed by atoms with Gasteiger partial charge >= 0.3 is 6.18 Å². The van der Waals surface area contributed by atoms with Crippen molar-refractivity contribution in [2.24, 2.45) is 0 Å². The Morgan fingerprint density at radius 1 is 1.40 bits per heavy atom. The van der Waals surface area contributed by atoms with E-state index in [-0.39, 0.29) is 6.07 Å². The molecule has 1 heterocycles. The summed E-state index contributed by atoms with van der Waals surface area (Å²) in [4.78, 5) is 15.3. The van der Waals surface area contributed by atoms with Crippen molar-refractivity contribution in [1.82, 2.24) is 9.97 Å². The molecule has 5 nitrogen and oxygen atoms in total. The second-order valence-corrected chi connectivity index (χ2v) is 4.64. The first kappa shape index (κ1) is 11.7. The Kier molecular flexibility index (Phi) is 2.60. The lowest BCUT2D eigenvalue weighted by molar-refractivity contribution is -0.141. The molecule has 84 valence electrons. The Labute approximate surface area is 81.9 Å². The zero-order valence-corrected chi connectivity index (χ0v) is 8.11. The van der Waals surface area contributed by atoms with Gasteiger partial charge in [0.25, 0.3) is 5.56 Å². The van der Waals surface area contributed by atoms with E-state index in [1.807, 2.05) is 0 Å². The van der Waals surface area contributed by atoms with Crippen LogP contribution in [0.25, 0.3) is 0 Å². The third-order valence-corrected chi connectivity index (χ3v) is 2.26. The summed E-state index contributed by atoms with van der Waals surface area (Å²) in [6.07, 6.45) is -4.21. The smallest absolute Gasteiger partial charge is 0.297 e. The highest BCUT2D eigenvalue weighted by molar-refractivity contribution is 7.90. The molecule has 0 aromatic carbocycles. The molecule has 1 N–H and O–H groups in total. The fraction of sp³-hybridized carbons (Fsp3) is 0.333. The molecule has 0 aliphatic rings. The minimum atomic E-state index is -4.85. The van der Waals surface area contributed by atoms with Crippen LogP contribution >= 0.6 is 0 Å². The first-order chi connectivity index (χ1) is 6.60. The number of aromatic amines is 1. The fourth-order valence-corrected chi connectivity index (χ4v) is 1.31. The molecule has 0 aliphatic carbocycles. The SMILES string of the molecule is CS(=O)(=O)c1nc(C(F)(F)F)cc(=O)[nH]1. The standard InChI is InChI=1S/C6H5F3N2O3S/c1-15(13,14)5-10-3(6(7,8)9)2-4(12)11-5/h2H,1H3,(H,10,11,12). The Bertz CT molecular complexity index is 531. The Morgan fingerprint density at radius 3 is 2.33 bits per heavy atom. The van der Waals surface area contributed by atoms with Crippen LogP contribution < -0.4 is 5.56 Å². The van der Waals surface area contributed by atoms with E-state index >= 15 is 0 Å². The number of hydrogen-bond donors (Lipinski definition) is 1. The van der Waals surface area contributed by atoms with Crippen molar-refractivity contribution < 1.29 is 21.6 Å². The van der Waals surface area contributed by atoms with Crippen LogP contribution in [-0.4, -0.2) is 24.6 Å². The van der Waals surface area contributed by atoms with E-state index in [0.717, 1.165) is 0 Å². The number of halogens is 3. The van der Waals surface area contributed by atoms with Crippen LogP contribution in [0, 0.1) is 0 Å². The molecule has 0 amide bonds. The van der Waals surface area contributed by atoms with Crippen molar-refractivity contribution in [1.29, 1.82) is 0 Å². The van der Waals surface area contributed by atoms with Crippen LogP contribution in [0.15, 0.2) is 16.0 Å². The highest BCUT2D eigenvalue weighted by Gasteiger charge is 2.34. The van der Waals surface area contributed by atoms with Gasteiger partial charge in [-0.1, -0.05) is 0 Å². The monoisotopic (exact) mass is 242 g/mol. The molecule has 0 unspecified atom stereocenters. The van der Waals surface area contributed by atoms with Crippen molar-refractivity contribution in [3.05, 3.63) is 22.1 Å². The number of H-pyrrole nitrogens is 1. The van der Waals surface area contributed by atoms with E-state index in [2.05, 4.69) is 4.98 Å². The van der Waals surface area contributed by atoms with Gasteiger partial charge in [-0.25, -0.2) is 13.4 Å². The summed E-state index contributed by atoms with van der Waals surface area (Å²) in [5.41, 5.74) is -2.70. The lowest BCUT2D eigenvalue weighted by Gasteiger charge is -2.05. The summed E-state index contributed by atoms with van der Waals surface area (Å²) >= 11 is 0. The Hall–Kier alpha value is -1.38. The number of rotatable bonds is 1. The maximum atomic E-state index is 12.1. The number of nitrogens with zero attached hydrogens (tertiary/aromatic N) is 1. The number of nitrogens with one attached hydrogen (secondary N) is 1. The van der Waals surface area contributed by atoms with Crippen LogP contribution in [-0.2, 0) is 16.0 Å². The summed E-state index contributed by atoms with van der Waals surface area (Å²) in [5.74, 6) is 0. The van der Waals surface area contributed by atoms with Crippen molar-refractivity contribution in [2.75, 3.05) is 6.26 Å². The van der Waals surface area contributed by atoms with E-state index in [1.54, 1.807) is 4.98 Å². The predicted molar refractivity (Wildman–Crippen MR) is 43.0 cm³/mol. The second kappa shape index (κ2) is 3.33. The van der Waals surface area contributed by atoms with Gasteiger partial charge in [0.15, 0.2) is 5.69 Å². The lowest BCUT2D eigenvalue weighted by Crippen LogP contribution is -2.20. The highest BCUT2D eigenvalue weighted by Crippen LogP contribution is 2.26. The number of alkyl halides is 3. The van der Waals surface area contributed by atoms with Gasteiger partial charge in [0.05, 0.1) is 0 Å². The summed E-state index contributed by atoms with van der Waals surface area (Å²) in [6.45, 7) is 0. The van der Waals surface area contributed by atoms with Gasteiger partial charge < -0.3 is 0 Å². The van der Waals surface area contributed by atoms with Crippen LogP contribution in [0.4, 0.5) is 13.2 Å². The summed E-state index contributed by atoms with van der Waals surface area (Å²) in [7, 11) is -3.97. The third kappa shape index (κ3) is 2.78. The highest BCUT2D eigenvalue weighted by atomic mass is 32.2. The molecule has 0 aliphatic heterocycles. The molecule has 1 aromatic rings. The summed E-state index contributed by atoms with van der Waals surface area (Å²) in [5, 5.41) is -0.998. The minimum Gasteiger partial charge on any atom is -0.297 e. The number of aromatic nitrogens is 2. The topological polar surface area (TPSA) is 79.9 Å². The zero-order valence-electron chi connectivity index (χ0n) is 7.29. The normalized spacial score (nSPS) is 12.8. The van der Waals surface area contributed by atoms with Crippen molar-refractivity contribution >= 4 is 9.84 Å². The summed E-state index contributed by atoms with van der Waals surface area (Å²) in [6, 6.07) is 0.189. The van der Waals surface area contributed by atoms with E-state index in [9.17, 15) is 26.4 Å². The quantitative estimate of drug-likeness (QED) is 0.713. The Balaban J connectivity index is 3.50. The van der Waals surface area contributed by atoms with E-state index in [1.165, 1.54) is 0 Å². The third-order valence-electron chi connectivity index (χ3n) is 1.36. The van der Waals surface area contributed by atoms with Gasteiger partial charge in [0.2, 0.25) is 15.0 Å².